The van der Waals surface area contributed by atoms with Crippen LogP contribution in [0.4, 0.5) is 11.4 Å². The van der Waals surface area contributed by atoms with Crippen LogP contribution in [0.15, 0.2) is 30.3 Å². The number of methoxy groups -OCH3 is 4. The molecule has 0 saturated carbocycles. The molecule has 26 heavy (non-hydrogen) atoms. The number of rotatable bonds is 6. The lowest BCUT2D eigenvalue weighted by Crippen LogP contribution is -2.29. The number of hydrogen-bond acceptors (Lipinski definition) is 6. The molecule has 0 spiro atoms. The average Bonchev–Trinajstić information content (AvgIpc) is 2.66. The maximum atomic E-state index is 5.48. The summed E-state index contributed by atoms with van der Waals surface area (Å²) in [4.78, 5) is 0. The van der Waals surface area contributed by atoms with Gasteiger partial charge < -0.3 is 29.6 Å². The van der Waals surface area contributed by atoms with Crippen LogP contribution < -0.4 is 29.6 Å². The minimum atomic E-state index is 0.138. The van der Waals surface area contributed by atoms with Gasteiger partial charge in [0.05, 0.1) is 34.5 Å². The number of hydrogen-bond donors (Lipinski definition) is 2. The van der Waals surface area contributed by atoms with Crippen molar-refractivity contribution in [2.75, 3.05) is 39.1 Å². The van der Waals surface area contributed by atoms with Crippen molar-refractivity contribution in [2.45, 2.75) is 25.4 Å². The maximum absolute atomic E-state index is 5.48. The second-order valence-corrected chi connectivity index (χ2v) is 6.34. The Kier molecular flexibility index (Phi) is 5.30. The van der Waals surface area contributed by atoms with Crippen LogP contribution >= 0.6 is 0 Å². The third-order valence-electron chi connectivity index (χ3n) is 4.65. The summed E-state index contributed by atoms with van der Waals surface area (Å²) in [5.41, 5.74) is 3.18. The first kappa shape index (κ1) is 18.0. The van der Waals surface area contributed by atoms with E-state index in [9.17, 15) is 0 Å². The van der Waals surface area contributed by atoms with Gasteiger partial charge >= 0.3 is 0 Å². The van der Waals surface area contributed by atoms with Gasteiger partial charge in [-0.15, -0.1) is 0 Å². The molecule has 140 valence electrons. The van der Waals surface area contributed by atoms with Gasteiger partial charge in [0.1, 0.15) is 0 Å². The summed E-state index contributed by atoms with van der Waals surface area (Å²) in [6.07, 6.45) is 0.941. The van der Waals surface area contributed by atoms with Crippen molar-refractivity contribution in [3.63, 3.8) is 0 Å². The first-order valence-corrected chi connectivity index (χ1v) is 8.60. The molecule has 2 aromatic rings. The van der Waals surface area contributed by atoms with Gasteiger partial charge in [0, 0.05) is 35.1 Å². The molecule has 0 aliphatic carbocycles. The van der Waals surface area contributed by atoms with E-state index < -0.39 is 0 Å². The largest absolute Gasteiger partial charge is 0.493 e. The second-order valence-electron chi connectivity index (χ2n) is 6.34. The molecular weight excluding hydrogens is 332 g/mol. The fourth-order valence-electron chi connectivity index (χ4n) is 3.38. The van der Waals surface area contributed by atoms with E-state index in [1.165, 1.54) is 0 Å². The lowest BCUT2D eigenvalue weighted by atomic mass is 9.92. The van der Waals surface area contributed by atoms with Crippen LogP contribution in [0.2, 0.25) is 0 Å². The van der Waals surface area contributed by atoms with Gasteiger partial charge in [-0.25, -0.2) is 0 Å². The van der Waals surface area contributed by atoms with E-state index in [0.29, 0.717) is 17.5 Å². The SMILES string of the molecule is COc1ccc(NC2CC(C)Nc3cc(OC)c(OC)cc32)cc1OC. The number of fused-ring (bicyclic) bond motifs is 1. The van der Waals surface area contributed by atoms with Crippen LogP contribution in [0.5, 0.6) is 23.0 Å². The summed E-state index contributed by atoms with van der Waals surface area (Å²) >= 11 is 0. The monoisotopic (exact) mass is 358 g/mol. The Balaban J connectivity index is 1.94. The van der Waals surface area contributed by atoms with Gasteiger partial charge in [0.15, 0.2) is 23.0 Å². The number of nitrogens with one attached hydrogen (secondary N) is 2. The highest BCUT2D eigenvalue weighted by molar-refractivity contribution is 5.65. The summed E-state index contributed by atoms with van der Waals surface area (Å²) in [5, 5.41) is 7.13. The molecule has 0 saturated heterocycles. The van der Waals surface area contributed by atoms with E-state index in [4.69, 9.17) is 18.9 Å². The van der Waals surface area contributed by atoms with Crippen molar-refractivity contribution in [1.29, 1.82) is 0 Å². The van der Waals surface area contributed by atoms with Crippen molar-refractivity contribution < 1.29 is 18.9 Å². The zero-order valence-corrected chi connectivity index (χ0v) is 15.9. The Morgan fingerprint density at radius 3 is 2.12 bits per heavy atom. The van der Waals surface area contributed by atoms with Crippen molar-refractivity contribution in [2.24, 2.45) is 0 Å². The van der Waals surface area contributed by atoms with Gasteiger partial charge in [-0.1, -0.05) is 0 Å². The third-order valence-corrected chi connectivity index (χ3v) is 4.65. The Morgan fingerprint density at radius 2 is 1.46 bits per heavy atom. The first-order chi connectivity index (χ1) is 12.6. The molecule has 0 amide bonds. The zero-order chi connectivity index (χ0) is 18.7. The van der Waals surface area contributed by atoms with Crippen molar-refractivity contribution >= 4 is 11.4 Å². The fraction of sp³-hybridized carbons (Fsp3) is 0.400. The number of ether oxygens (including phenoxy) is 4. The third kappa shape index (κ3) is 3.45. The molecular formula is C20H26N2O4. The van der Waals surface area contributed by atoms with E-state index in [-0.39, 0.29) is 6.04 Å². The summed E-state index contributed by atoms with van der Waals surface area (Å²) in [6, 6.07) is 10.3. The Hall–Kier alpha value is -2.76. The molecule has 2 unspecified atom stereocenters. The lowest BCUT2D eigenvalue weighted by Gasteiger charge is -2.33. The normalized spacial score (nSPS) is 18.3. The van der Waals surface area contributed by atoms with Crippen LogP contribution in [-0.4, -0.2) is 34.5 Å². The Morgan fingerprint density at radius 1 is 0.846 bits per heavy atom. The molecule has 1 aliphatic rings. The predicted molar refractivity (Wildman–Crippen MR) is 103 cm³/mol. The highest BCUT2D eigenvalue weighted by Crippen LogP contribution is 2.42. The molecule has 3 rings (SSSR count). The van der Waals surface area contributed by atoms with Gasteiger partial charge in [0.2, 0.25) is 0 Å². The molecule has 0 aromatic heterocycles. The second kappa shape index (κ2) is 7.64. The maximum Gasteiger partial charge on any atom is 0.162 e. The average molecular weight is 358 g/mol. The molecule has 2 N–H and O–H groups in total. The van der Waals surface area contributed by atoms with E-state index in [0.717, 1.165) is 34.9 Å². The standard InChI is InChI=1S/C20H26N2O4/c1-12-8-15(22-13-6-7-17(23-2)18(9-13)24-3)14-10-19(25-4)20(26-5)11-16(14)21-12/h6-7,9-12,15,21-22H,8H2,1-5H3. The van der Waals surface area contributed by atoms with Crippen molar-refractivity contribution in [3.05, 3.63) is 35.9 Å². The Bertz CT molecular complexity index is 779. The van der Waals surface area contributed by atoms with E-state index in [1.54, 1.807) is 28.4 Å². The van der Waals surface area contributed by atoms with Gasteiger partial charge in [-0.05, 0) is 31.5 Å². The molecule has 6 heteroatoms. The quantitative estimate of drug-likeness (QED) is 0.811. The minimum absolute atomic E-state index is 0.138. The lowest BCUT2D eigenvalue weighted by molar-refractivity contribution is 0.354. The van der Waals surface area contributed by atoms with Crippen LogP contribution in [-0.2, 0) is 0 Å². The molecule has 1 heterocycles. The minimum Gasteiger partial charge on any atom is -0.493 e. The van der Waals surface area contributed by atoms with Crippen LogP contribution in [0.1, 0.15) is 24.9 Å². The highest BCUT2D eigenvalue weighted by Gasteiger charge is 2.26. The van der Waals surface area contributed by atoms with E-state index >= 15 is 0 Å². The van der Waals surface area contributed by atoms with Gasteiger partial charge in [-0.3, -0.25) is 0 Å². The van der Waals surface area contributed by atoms with Gasteiger partial charge in [-0.2, -0.15) is 0 Å². The van der Waals surface area contributed by atoms with Crippen molar-refractivity contribution in [1.82, 2.24) is 0 Å². The van der Waals surface area contributed by atoms with Crippen LogP contribution in [0, 0.1) is 0 Å². The Labute approximate surface area is 154 Å². The van der Waals surface area contributed by atoms with Crippen LogP contribution in [0.25, 0.3) is 0 Å². The molecule has 1 aliphatic heterocycles. The zero-order valence-electron chi connectivity index (χ0n) is 15.9. The van der Waals surface area contributed by atoms with E-state index in [1.807, 2.05) is 30.3 Å². The summed E-state index contributed by atoms with van der Waals surface area (Å²) in [5.74, 6) is 2.86. The van der Waals surface area contributed by atoms with Gasteiger partial charge in [0.25, 0.3) is 0 Å². The predicted octanol–water partition coefficient (Wildman–Crippen LogP) is 4.08. The van der Waals surface area contributed by atoms with Crippen LogP contribution in [0.3, 0.4) is 0 Å². The fourth-order valence-corrected chi connectivity index (χ4v) is 3.38. The summed E-state index contributed by atoms with van der Waals surface area (Å²) in [7, 11) is 6.58. The first-order valence-electron chi connectivity index (χ1n) is 8.60. The van der Waals surface area contributed by atoms with Crippen molar-refractivity contribution in [3.8, 4) is 23.0 Å². The summed E-state index contributed by atoms with van der Waals surface area (Å²) in [6.45, 7) is 2.17. The molecule has 0 fully saturated rings. The summed E-state index contributed by atoms with van der Waals surface area (Å²) < 4.78 is 21.6. The molecule has 0 radical (unpaired) electrons. The number of anilines is 2. The molecule has 2 aromatic carbocycles. The molecule has 2 atom stereocenters. The molecule has 0 bridgehead atoms. The number of benzene rings is 2. The highest BCUT2D eigenvalue weighted by atomic mass is 16.5. The molecule has 6 nitrogen and oxygen atoms in total. The smallest absolute Gasteiger partial charge is 0.162 e. The topological polar surface area (TPSA) is 61.0 Å². The van der Waals surface area contributed by atoms with E-state index in [2.05, 4.69) is 17.6 Å².